The van der Waals surface area contributed by atoms with E-state index >= 15 is 0 Å². The van der Waals surface area contributed by atoms with E-state index in [0.29, 0.717) is 24.8 Å². The highest BCUT2D eigenvalue weighted by atomic mass is 19.4. The number of hydrogen-bond donors (Lipinski definition) is 2. The van der Waals surface area contributed by atoms with Crippen LogP contribution in [0.25, 0.3) is 0 Å². The van der Waals surface area contributed by atoms with Gasteiger partial charge in [0.15, 0.2) is 0 Å². The molecule has 2 rings (SSSR count). The van der Waals surface area contributed by atoms with E-state index in [1.165, 1.54) is 14.0 Å². The van der Waals surface area contributed by atoms with Crippen molar-refractivity contribution < 1.29 is 27.5 Å². The van der Waals surface area contributed by atoms with Gasteiger partial charge in [-0.2, -0.15) is 13.2 Å². The van der Waals surface area contributed by atoms with Crippen molar-refractivity contribution in [1.29, 1.82) is 0 Å². The lowest BCUT2D eigenvalue weighted by atomic mass is 9.95. The predicted molar refractivity (Wildman–Crippen MR) is 137 cm³/mol. The number of aliphatic imine (C=N–C) groups is 2. The molecule has 11 heteroatoms. The molecule has 36 heavy (non-hydrogen) atoms. The molecule has 0 aromatic heterocycles. The Morgan fingerprint density at radius 1 is 1.25 bits per heavy atom. The number of carbonyl (C=O) groups excluding carboxylic acids is 1. The van der Waals surface area contributed by atoms with Crippen molar-refractivity contribution >= 4 is 29.0 Å². The summed E-state index contributed by atoms with van der Waals surface area (Å²) in [7, 11) is 2.43. The zero-order chi connectivity index (χ0) is 26.9. The Hall–Kier alpha value is -2.66. The van der Waals surface area contributed by atoms with Gasteiger partial charge in [0, 0.05) is 39.3 Å². The van der Waals surface area contributed by atoms with E-state index in [2.05, 4.69) is 39.5 Å². The van der Waals surface area contributed by atoms with Gasteiger partial charge in [-0.3, -0.25) is 14.6 Å². The molecule has 1 aliphatic rings. The van der Waals surface area contributed by atoms with Crippen molar-refractivity contribution in [3.8, 4) is 0 Å². The molecule has 1 fully saturated rings. The maximum absolute atomic E-state index is 13.2. The van der Waals surface area contributed by atoms with Gasteiger partial charge in [0.05, 0.1) is 18.5 Å². The maximum Gasteiger partial charge on any atom is 0.451 e. The Morgan fingerprint density at radius 3 is 2.47 bits per heavy atom. The number of rotatable bonds is 9. The summed E-state index contributed by atoms with van der Waals surface area (Å²) in [6, 6.07) is 6.03. The van der Waals surface area contributed by atoms with Crippen molar-refractivity contribution in [3.63, 3.8) is 0 Å². The number of anilines is 2. The van der Waals surface area contributed by atoms with E-state index in [0.717, 1.165) is 37.7 Å². The van der Waals surface area contributed by atoms with Gasteiger partial charge >= 0.3 is 6.18 Å². The molecule has 0 saturated carbocycles. The van der Waals surface area contributed by atoms with E-state index in [1.54, 1.807) is 0 Å². The lowest BCUT2D eigenvalue weighted by Crippen LogP contribution is -2.42. The number of nitrogens with zero attached hydrogens (tertiary/aromatic N) is 3. The number of nitrogens with one attached hydrogen (secondary N) is 2. The Morgan fingerprint density at radius 2 is 1.92 bits per heavy atom. The summed E-state index contributed by atoms with van der Waals surface area (Å²) in [5.41, 5.74) is 4.66. The highest BCUT2D eigenvalue weighted by Crippen LogP contribution is 2.35. The van der Waals surface area contributed by atoms with Crippen LogP contribution in [0.3, 0.4) is 0 Å². The Bertz CT molecular complexity index is 928. The molecule has 1 aliphatic heterocycles. The number of hydroxylamine groups is 1. The van der Waals surface area contributed by atoms with E-state index in [4.69, 9.17) is 9.57 Å². The Balaban J connectivity index is 2.50. The molecule has 0 aliphatic carbocycles. The zero-order valence-corrected chi connectivity index (χ0v) is 21.9. The predicted octanol–water partition coefficient (Wildman–Crippen LogP) is 4.92. The molecule has 1 aromatic carbocycles. The quantitative estimate of drug-likeness (QED) is 0.278. The minimum atomic E-state index is -4.66. The summed E-state index contributed by atoms with van der Waals surface area (Å²) < 4.78 is 45.3. The first-order valence-corrected chi connectivity index (χ1v) is 12.1. The van der Waals surface area contributed by atoms with Crippen LogP contribution in [0.2, 0.25) is 0 Å². The first-order chi connectivity index (χ1) is 17.0. The molecule has 1 heterocycles. The largest absolute Gasteiger partial charge is 0.451 e. The number of hydrogen-bond acceptors (Lipinski definition) is 5. The van der Waals surface area contributed by atoms with Crippen molar-refractivity contribution in [1.82, 2.24) is 5.48 Å². The van der Waals surface area contributed by atoms with Gasteiger partial charge < -0.3 is 15.0 Å². The van der Waals surface area contributed by atoms with Crippen LogP contribution in [0.15, 0.2) is 28.2 Å². The second-order valence-electron chi connectivity index (χ2n) is 9.37. The normalized spacial score (nSPS) is 16.7. The fraction of sp³-hybridized carbons (Fsp3) is 0.640. The molecule has 0 radical (unpaired) electrons. The van der Waals surface area contributed by atoms with Crippen LogP contribution in [-0.4, -0.2) is 63.7 Å². The summed E-state index contributed by atoms with van der Waals surface area (Å²) >= 11 is 0. The highest BCUT2D eigenvalue weighted by molar-refractivity contribution is 6.05. The molecule has 8 nitrogen and oxygen atoms in total. The Kier molecular flexibility index (Phi) is 11.2. The van der Waals surface area contributed by atoms with Crippen molar-refractivity contribution in [2.24, 2.45) is 15.9 Å². The number of amides is 1. The Labute approximate surface area is 211 Å². The number of carbonyl (C=O) groups is 1. The van der Waals surface area contributed by atoms with Crippen molar-refractivity contribution in [3.05, 3.63) is 23.8 Å². The second kappa shape index (κ2) is 13.6. The lowest BCUT2D eigenvalue weighted by molar-refractivity contribution is -0.131. The standard InChI is InChI=1S/C25H38F3N5O3/c1-16(2)15-33(20-9-11-36-12-10-20)22-8-7-19(17(3)13-23(34)32-35-6)14-21(22)30-18(4)31-24(29-5)25(26,27)28/h7-8,14,16-17,20H,9-13,15H2,1-6H3,(H,32,34)(H,29,30,31). The van der Waals surface area contributed by atoms with Crippen LogP contribution < -0.4 is 15.7 Å². The molecule has 1 unspecified atom stereocenters. The number of ether oxygens (including phenoxy) is 1. The molecular formula is C25H38F3N5O3. The molecule has 1 atom stereocenters. The lowest BCUT2D eigenvalue weighted by Gasteiger charge is -2.38. The van der Waals surface area contributed by atoms with E-state index < -0.39 is 12.0 Å². The van der Waals surface area contributed by atoms with Crippen LogP contribution in [0.1, 0.15) is 58.4 Å². The van der Waals surface area contributed by atoms with Crippen molar-refractivity contribution in [2.75, 3.05) is 44.1 Å². The highest BCUT2D eigenvalue weighted by Gasteiger charge is 2.35. The smallest absolute Gasteiger partial charge is 0.381 e. The average molecular weight is 514 g/mol. The summed E-state index contributed by atoms with van der Waals surface area (Å²) in [4.78, 5) is 26.0. The molecule has 0 bridgehead atoms. The van der Waals surface area contributed by atoms with Gasteiger partial charge in [0.1, 0.15) is 5.84 Å². The molecule has 0 spiro atoms. The van der Waals surface area contributed by atoms with Gasteiger partial charge in [-0.1, -0.05) is 26.8 Å². The minimum Gasteiger partial charge on any atom is -0.381 e. The molecular weight excluding hydrogens is 475 g/mol. The third kappa shape index (κ3) is 8.77. The van der Waals surface area contributed by atoms with Crippen LogP contribution in [0.5, 0.6) is 0 Å². The van der Waals surface area contributed by atoms with Gasteiger partial charge in [-0.25, -0.2) is 10.5 Å². The SMILES string of the molecule is CN=C(N=C(C)Nc1cc(C(C)CC(=O)NOC)ccc1N(CC(C)C)C1CCOCC1)C(F)(F)F. The third-order valence-corrected chi connectivity index (χ3v) is 5.85. The maximum atomic E-state index is 13.2. The number of alkyl halides is 3. The summed E-state index contributed by atoms with van der Waals surface area (Å²) in [6.45, 7) is 9.73. The number of amidine groups is 2. The molecule has 1 amide bonds. The van der Waals surface area contributed by atoms with Gasteiger partial charge in [-0.15, -0.1) is 0 Å². The first-order valence-electron chi connectivity index (χ1n) is 12.1. The molecule has 1 saturated heterocycles. The van der Waals surface area contributed by atoms with Gasteiger partial charge in [0.2, 0.25) is 11.7 Å². The first kappa shape index (κ1) is 29.6. The number of benzene rings is 1. The summed E-state index contributed by atoms with van der Waals surface area (Å²) in [5, 5.41) is 3.08. The van der Waals surface area contributed by atoms with Crippen LogP contribution in [0, 0.1) is 5.92 Å². The molecule has 1 aromatic rings. The summed E-state index contributed by atoms with van der Waals surface area (Å²) in [5.74, 6) is -1.21. The average Bonchev–Trinajstić information content (AvgIpc) is 2.81. The monoisotopic (exact) mass is 513 g/mol. The van der Waals surface area contributed by atoms with E-state index in [9.17, 15) is 18.0 Å². The topological polar surface area (TPSA) is 87.5 Å². The molecule has 202 valence electrons. The van der Waals surface area contributed by atoms with Gasteiger partial charge in [-0.05, 0) is 49.3 Å². The van der Waals surface area contributed by atoms with Crippen molar-refractivity contribution in [2.45, 2.75) is 65.1 Å². The minimum absolute atomic E-state index is 0.0626. The van der Waals surface area contributed by atoms with Gasteiger partial charge in [0.25, 0.3) is 0 Å². The second-order valence-corrected chi connectivity index (χ2v) is 9.37. The number of halogens is 3. The summed E-state index contributed by atoms with van der Waals surface area (Å²) in [6.07, 6.45) is -2.75. The van der Waals surface area contributed by atoms with E-state index in [-0.39, 0.29) is 30.1 Å². The molecule has 2 N–H and O–H groups in total. The van der Waals surface area contributed by atoms with E-state index in [1.807, 2.05) is 25.1 Å². The zero-order valence-electron chi connectivity index (χ0n) is 21.9. The van der Waals surface area contributed by atoms with Crippen LogP contribution in [-0.2, 0) is 14.4 Å². The van der Waals surface area contributed by atoms with Crippen LogP contribution >= 0.6 is 0 Å². The fourth-order valence-electron chi connectivity index (χ4n) is 4.22. The fourth-order valence-corrected chi connectivity index (χ4v) is 4.22. The van der Waals surface area contributed by atoms with Crippen LogP contribution in [0.4, 0.5) is 24.5 Å². The third-order valence-electron chi connectivity index (χ3n) is 5.85.